The fourth-order valence-electron chi connectivity index (χ4n) is 3.69. The van der Waals surface area contributed by atoms with Gasteiger partial charge in [0.25, 0.3) is 0 Å². The van der Waals surface area contributed by atoms with E-state index >= 15 is 0 Å². The Bertz CT molecular complexity index is 402. The summed E-state index contributed by atoms with van der Waals surface area (Å²) in [6.07, 6.45) is 0.599. The van der Waals surface area contributed by atoms with Gasteiger partial charge < -0.3 is 23.7 Å². The Labute approximate surface area is 167 Å². The highest BCUT2D eigenvalue weighted by Crippen LogP contribution is 2.37. The Morgan fingerprint density at radius 2 is 1.26 bits per heavy atom. The standard InChI is InChI=1S/C22H44O5/c1-11-23-13-17-12-18(27-22(8,9)10)20(25-15(4)5)21(26-16(6)7)19(17)24-14(2)3/h14-21H,11-13H2,1-10H3. The van der Waals surface area contributed by atoms with Gasteiger partial charge in [0, 0.05) is 12.5 Å². The summed E-state index contributed by atoms with van der Waals surface area (Å²) in [5.74, 6) is 0.204. The summed E-state index contributed by atoms with van der Waals surface area (Å²) in [6.45, 7) is 22.0. The minimum Gasteiger partial charge on any atom is -0.381 e. The van der Waals surface area contributed by atoms with Gasteiger partial charge in [-0.25, -0.2) is 0 Å². The Morgan fingerprint density at radius 3 is 1.70 bits per heavy atom. The van der Waals surface area contributed by atoms with Crippen LogP contribution in [0, 0.1) is 5.92 Å². The molecule has 0 radical (unpaired) electrons. The first-order valence-electron chi connectivity index (χ1n) is 10.7. The van der Waals surface area contributed by atoms with Crippen LogP contribution in [-0.2, 0) is 23.7 Å². The number of ether oxygens (including phenoxy) is 5. The third-order valence-corrected chi connectivity index (χ3v) is 4.34. The minimum atomic E-state index is -0.256. The van der Waals surface area contributed by atoms with Crippen LogP contribution in [0.25, 0.3) is 0 Å². The van der Waals surface area contributed by atoms with Gasteiger partial charge in [-0.3, -0.25) is 0 Å². The Kier molecular flexibility index (Phi) is 10.2. The third-order valence-electron chi connectivity index (χ3n) is 4.34. The Morgan fingerprint density at radius 1 is 0.778 bits per heavy atom. The largest absolute Gasteiger partial charge is 0.381 e. The van der Waals surface area contributed by atoms with E-state index in [0.29, 0.717) is 13.2 Å². The second-order valence-electron chi connectivity index (χ2n) is 9.37. The van der Waals surface area contributed by atoms with E-state index in [1.54, 1.807) is 0 Å². The first-order valence-corrected chi connectivity index (χ1v) is 10.7. The molecule has 0 heterocycles. The molecule has 1 saturated carbocycles. The molecule has 0 aromatic rings. The van der Waals surface area contributed by atoms with E-state index in [9.17, 15) is 0 Å². The van der Waals surface area contributed by atoms with Crippen LogP contribution in [-0.4, -0.2) is 61.5 Å². The van der Waals surface area contributed by atoms with Gasteiger partial charge in [-0.15, -0.1) is 0 Å². The van der Waals surface area contributed by atoms with Gasteiger partial charge in [-0.1, -0.05) is 0 Å². The molecule has 5 unspecified atom stereocenters. The number of hydrogen-bond acceptors (Lipinski definition) is 5. The van der Waals surface area contributed by atoms with Crippen molar-refractivity contribution in [2.75, 3.05) is 13.2 Å². The predicted molar refractivity (Wildman–Crippen MR) is 109 cm³/mol. The van der Waals surface area contributed by atoms with Crippen molar-refractivity contribution in [2.24, 2.45) is 5.92 Å². The fraction of sp³-hybridized carbons (Fsp3) is 1.00. The second-order valence-corrected chi connectivity index (χ2v) is 9.37. The molecule has 1 fully saturated rings. The van der Waals surface area contributed by atoms with Crippen molar-refractivity contribution < 1.29 is 23.7 Å². The van der Waals surface area contributed by atoms with Crippen LogP contribution in [0.1, 0.15) is 75.7 Å². The Hall–Kier alpha value is -0.200. The van der Waals surface area contributed by atoms with Gasteiger partial charge in [0.1, 0.15) is 12.2 Å². The molecule has 1 aliphatic carbocycles. The summed E-state index contributed by atoms with van der Waals surface area (Å²) < 4.78 is 31.4. The van der Waals surface area contributed by atoms with Crippen LogP contribution in [0.15, 0.2) is 0 Å². The molecule has 0 amide bonds. The highest BCUT2D eigenvalue weighted by atomic mass is 16.6. The summed E-state index contributed by atoms with van der Waals surface area (Å²) in [5, 5.41) is 0. The zero-order valence-electron chi connectivity index (χ0n) is 19.3. The molecule has 5 nitrogen and oxygen atoms in total. The maximum atomic E-state index is 6.45. The summed E-state index contributed by atoms with van der Waals surface area (Å²) in [6, 6.07) is 0. The third kappa shape index (κ3) is 8.78. The molecule has 0 saturated heterocycles. The van der Waals surface area contributed by atoms with E-state index in [2.05, 4.69) is 62.3 Å². The van der Waals surface area contributed by atoms with Crippen LogP contribution in [0.5, 0.6) is 0 Å². The van der Waals surface area contributed by atoms with Crippen LogP contribution in [0.3, 0.4) is 0 Å². The average Bonchev–Trinajstić information content (AvgIpc) is 2.48. The first kappa shape index (κ1) is 24.8. The molecule has 5 atom stereocenters. The van der Waals surface area contributed by atoms with Crippen LogP contribution in [0.4, 0.5) is 0 Å². The second kappa shape index (κ2) is 11.1. The number of rotatable bonds is 10. The lowest BCUT2D eigenvalue weighted by molar-refractivity contribution is -0.257. The van der Waals surface area contributed by atoms with E-state index in [1.165, 1.54) is 0 Å². The molecule has 1 aliphatic rings. The average molecular weight is 389 g/mol. The van der Waals surface area contributed by atoms with E-state index in [4.69, 9.17) is 23.7 Å². The van der Waals surface area contributed by atoms with E-state index in [-0.39, 0.29) is 54.2 Å². The lowest BCUT2D eigenvalue weighted by Crippen LogP contribution is -2.60. The van der Waals surface area contributed by atoms with Crippen molar-refractivity contribution in [3.63, 3.8) is 0 Å². The normalized spacial score (nSPS) is 29.9. The molecule has 0 N–H and O–H groups in total. The van der Waals surface area contributed by atoms with Gasteiger partial charge >= 0.3 is 0 Å². The fourth-order valence-corrected chi connectivity index (χ4v) is 3.69. The molecule has 1 rings (SSSR count). The minimum absolute atomic E-state index is 0.0615. The molecule has 5 heteroatoms. The zero-order valence-corrected chi connectivity index (χ0v) is 19.3. The maximum Gasteiger partial charge on any atom is 0.113 e. The van der Waals surface area contributed by atoms with Gasteiger partial charge in [-0.05, 0) is 75.7 Å². The summed E-state index contributed by atoms with van der Waals surface area (Å²) in [5.41, 5.74) is -0.256. The number of hydrogen-bond donors (Lipinski definition) is 0. The molecule has 0 spiro atoms. The molecule has 0 aliphatic heterocycles. The summed E-state index contributed by atoms with van der Waals surface area (Å²) in [7, 11) is 0. The van der Waals surface area contributed by atoms with Crippen molar-refractivity contribution in [3.05, 3.63) is 0 Å². The van der Waals surface area contributed by atoms with E-state index in [0.717, 1.165) is 6.42 Å². The van der Waals surface area contributed by atoms with Crippen molar-refractivity contribution in [1.82, 2.24) is 0 Å². The monoisotopic (exact) mass is 388 g/mol. The van der Waals surface area contributed by atoms with Crippen molar-refractivity contribution in [2.45, 2.75) is 124 Å². The summed E-state index contributed by atoms with van der Waals surface area (Å²) in [4.78, 5) is 0. The SMILES string of the molecule is CCOCC1CC(OC(C)(C)C)C(OC(C)C)C(OC(C)C)C1OC(C)C. The lowest BCUT2D eigenvalue weighted by Gasteiger charge is -2.49. The van der Waals surface area contributed by atoms with Crippen molar-refractivity contribution >= 4 is 0 Å². The van der Waals surface area contributed by atoms with Gasteiger partial charge in [-0.2, -0.15) is 0 Å². The molecule has 0 aromatic carbocycles. The van der Waals surface area contributed by atoms with E-state index < -0.39 is 0 Å². The van der Waals surface area contributed by atoms with Crippen molar-refractivity contribution in [1.29, 1.82) is 0 Å². The molecular formula is C22H44O5. The topological polar surface area (TPSA) is 46.2 Å². The Balaban J connectivity index is 3.23. The van der Waals surface area contributed by atoms with Crippen LogP contribution < -0.4 is 0 Å². The van der Waals surface area contributed by atoms with Crippen LogP contribution >= 0.6 is 0 Å². The van der Waals surface area contributed by atoms with E-state index in [1.807, 2.05) is 6.92 Å². The van der Waals surface area contributed by atoms with Gasteiger partial charge in [0.05, 0.1) is 42.7 Å². The molecular weight excluding hydrogens is 344 g/mol. The van der Waals surface area contributed by atoms with Crippen molar-refractivity contribution in [3.8, 4) is 0 Å². The highest BCUT2D eigenvalue weighted by Gasteiger charge is 2.49. The smallest absolute Gasteiger partial charge is 0.113 e. The van der Waals surface area contributed by atoms with Gasteiger partial charge in [0.2, 0.25) is 0 Å². The molecule has 162 valence electrons. The summed E-state index contributed by atoms with van der Waals surface area (Å²) >= 11 is 0. The molecule has 0 bridgehead atoms. The lowest BCUT2D eigenvalue weighted by atomic mass is 9.80. The predicted octanol–water partition coefficient (Wildman–Crippen LogP) is 4.61. The zero-order chi connectivity index (χ0) is 20.8. The van der Waals surface area contributed by atoms with Crippen LogP contribution in [0.2, 0.25) is 0 Å². The molecule has 0 aromatic heterocycles. The molecule has 27 heavy (non-hydrogen) atoms. The highest BCUT2D eigenvalue weighted by molar-refractivity contribution is 4.98. The maximum absolute atomic E-state index is 6.45. The first-order chi connectivity index (χ1) is 12.4. The quantitative estimate of drug-likeness (QED) is 0.547. The van der Waals surface area contributed by atoms with Gasteiger partial charge in [0.15, 0.2) is 0 Å².